The number of likely N-dealkylation sites (N-methyl/N-ethyl adjacent to an activating group) is 1. The average Bonchev–Trinajstić information content (AvgIpc) is 3.29. The van der Waals surface area contributed by atoms with Gasteiger partial charge in [0.2, 0.25) is 0 Å². The van der Waals surface area contributed by atoms with Gasteiger partial charge < -0.3 is 24.2 Å². The molecule has 0 aromatic carbocycles. The molecule has 1 aliphatic rings. The van der Waals surface area contributed by atoms with Crippen molar-refractivity contribution in [2.24, 2.45) is 23.7 Å². The van der Waals surface area contributed by atoms with Gasteiger partial charge in [-0.3, -0.25) is 9.59 Å². The molecule has 0 aromatic heterocycles. The Bertz CT molecular complexity index is 1010. The van der Waals surface area contributed by atoms with E-state index < -0.39 is 0 Å². The number of hydrogen-bond acceptors (Lipinski definition) is 7. The van der Waals surface area contributed by atoms with Crippen molar-refractivity contribution in [1.29, 1.82) is 0 Å². The first-order valence-corrected chi connectivity index (χ1v) is 28.7. The molecular weight excluding hydrogens is 791 g/mol. The summed E-state index contributed by atoms with van der Waals surface area (Å²) in [6.45, 7) is 24.6. The molecule has 1 fully saturated rings. The van der Waals surface area contributed by atoms with Crippen LogP contribution in [0, 0.1) is 23.7 Å². The predicted octanol–water partition coefficient (Wildman–Crippen LogP) is 15.5. The summed E-state index contributed by atoms with van der Waals surface area (Å²) in [5, 5.41) is 0. The van der Waals surface area contributed by atoms with E-state index in [9.17, 15) is 9.59 Å². The maximum atomic E-state index is 13.1. The van der Waals surface area contributed by atoms with Crippen LogP contribution in [0.1, 0.15) is 260 Å². The monoisotopic (exact) mass is 904 g/mol. The van der Waals surface area contributed by atoms with Gasteiger partial charge in [0.05, 0.1) is 25.0 Å². The van der Waals surface area contributed by atoms with Crippen molar-refractivity contribution in [2.45, 2.75) is 260 Å². The van der Waals surface area contributed by atoms with Gasteiger partial charge in [-0.2, -0.15) is 0 Å². The van der Waals surface area contributed by atoms with Crippen molar-refractivity contribution in [3.63, 3.8) is 0 Å². The molecule has 0 aliphatic carbocycles. The maximum absolute atomic E-state index is 13.1. The smallest absolute Gasteiger partial charge is 0.308 e. The number of rotatable bonds is 47. The molecule has 380 valence electrons. The van der Waals surface area contributed by atoms with Crippen LogP contribution in [-0.4, -0.2) is 99.3 Å². The summed E-state index contributed by atoms with van der Waals surface area (Å²) in [6, 6.07) is 0. The van der Waals surface area contributed by atoms with Crippen LogP contribution in [0.25, 0.3) is 0 Å². The summed E-state index contributed by atoms with van der Waals surface area (Å²) in [5.41, 5.74) is 0. The molecule has 3 unspecified atom stereocenters. The standard InChI is InChI=1S/C57H113N3O4/c1-8-12-16-22-32-41-54(38-27-15-11-4)56(61)63-50-52(5)36-28-23-19-20-25-33-42-59(44-35-45-60-48-46-58(7)47-49-60)43-34-26-21-24-29-37-53(6)51-64-57(62)55(39-30-17-13-9-2)40-31-18-14-10-3/h52-55H,8-51H2,1-7H3. The maximum Gasteiger partial charge on any atom is 0.308 e. The minimum atomic E-state index is 0.0775. The lowest BCUT2D eigenvalue weighted by Crippen LogP contribution is -2.45. The molecule has 0 amide bonds. The van der Waals surface area contributed by atoms with Crippen LogP contribution in [0.3, 0.4) is 0 Å². The Labute approximate surface area is 400 Å². The minimum absolute atomic E-state index is 0.0775. The molecule has 7 heteroatoms. The van der Waals surface area contributed by atoms with E-state index in [1.165, 1.54) is 219 Å². The number of carbonyl (C=O) groups excluding carboxylic acids is 2. The van der Waals surface area contributed by atoms with Gasteiger partial charge in [0, 0.05) is 26.2 Å². The van der Waals surface area contributed by atoms with Crippen LogP contribution in [0.5, 0.6) is 0 Å². The molecule has 64 heavy (non-hydrogen) atoms. The molecule has 1 saturated heterocycles. The number of unbranched alkanes of at least 4 members (excludes halogenated alkanes) is 21. The number of carbonyl (C=O) groups is 2. The second-order valence-corrected chi connectivity index (χ2v) is 21.1. The third kappa shape index (κ3) is 35.9. The number of nitrogens with zero attached hydrogens (tertiary/aromatic N) is 3. The van der Waals surface area contributed by atoms with Crippen LogP contribution in [0.15, 0.2) is 0 Å². The Hall–Kier alpha value is -1.18. The van der Waals surface area contributed by atoms with Gasteiger partial charge in [-0.15, -0.1) is 0 Å². The van der Waals surface area contributed by atoms with Gasteiger partial charge in [-0.25, -0.2) is 0 Å². The third-order valence-electron chi connectivity index (χ3n) is 14.4. The molecule has 1 aliphatic heterocycles. The number of piperazine rings is 1. The average molecular weight is 905 g/mol. The molecule has 0 saturated carbocycles. The van der Waals surface area contributed by atoms with E-state index in [2.05, 4.69) is 63.3 Å². The largest absolute Gasteiger partial charge is 0.465 e. The topological polar surface area (TPSA) is 62.3 Å². The first kappa shape index (κ1) is 60.8. The Balaban J connectivity index is 2.33. The van der Waals surface area contributed by atoms with E-state index in [1.807, 2.05) is 0 Å². The highest BCUT2D eigenvalue weighted by molar-refractivity contribution is 5.72. The van der Waals surface area contributed by atoms with Gasteiger partial charge in [0.1, 0.15) is 0 Å². The summed E-state index contributed by atoms with van der Waals surface area (Å²) in [4.78, 5) is 34.0. The molecule has 0 spiro atoms. The van der Waals surface area contributed by atoms with Gasteiger partial charge >= 0.3 is 11.9 Å². The van der Waals surface area contributed by atoms with Crippen LogP contribution in [-0.2, 0) is 19.1 Å². The summed E-state index contributed by atoms with van der Waals surface area (Å²) >= 11 is 0. The zero-order valence-electron chi connectivity index (χ0n) is 44.4. The molecule has 1 heterocycles. The fourth-order valence-corrected chi connectivity index (χ4v) is 9.70. The van der Waals surface area contributed by atoms with Crippen molar-refractivity contribution in [1.82, 2.24) is 14.7 Å². The fourth-order valence-electron chi connectivity index (χ4n) is 9.70. The lowest BCUT2D eigenvalue weighted by molar-refractivity contribution is -0.151. The molecule has 0 radical (unpaired) electrons. The lowest BCUT2D eigenvalue weighted by Gasteiger charge is -2.33. The lowest BCUT2D eigenvalue weighted by atomic mass is 9.94. The second-order valence-electron chi connectivity index (χ2n) is 21.1. The zero-order valence-corrected chi connectivity index (χ0v) is 44.4. The first-order valence-electron chi connectivity index (χ1n) is 28.7. The second kappa shape index (κ2) is 44.3. The minimum Gasteiger partial charge on any atom is -0.465 e. The summed E-state index contributed by atoms with van der Waals surface area (Å²) in [6.07, 6.45) is 41.7. The van der Waals surface area contributed by atoms with Gasteiger partial charge in [0.25, 0.3) is 0 Å². The highest BCUT2D eigenvalue weighted by atomic mass is 16.5. The molecule has 3 atom stereocenters. The van der Waals surface area contributed by atoms with Gasteiger partial charge in [-0.1, -0.05) is 202 Å². The quantitative estimate of drug-likeness (QED) is 0.0445. The van der Waals surface area contributed by atoms with Crippen LogP contribution in [0.2, 0.25) is 0 Å². The van der Waals surface area contributed by atoms with E-state index in [-0.39, 0.29) is 23.8 Å². The summed E-state index contributed by atoms with van der Waals surface area (Å²) in [7, 11) is 2.25. The van der Waals surface area contributed by atoms with E-state index in [0.717, 1.165) is 51.4 Å². The van der Waals surface area contributed by atoms with Crippen LogP contribution in [0.4, 0.5) is 0 Å². The molecule has 1 rings (SSSR count). The normalized spacial score (nSPS) is 15.3. The molecule has 0 aromatic rings. The van der Waals surface area contributed by atoms with Crippen molar-refractivity contribution in [3.05, 3.63) is 0 Å². The van der Waals surface area contributed by atoms with Crippen molar-refractivity contribution in [3.8, 4) is 0 Å². The number of hydrogen-bond donors (Lipinski definition) is 0. The fraction of sp³-hybridized carbons (Fsp3) is 0.965. The van der Waals surface area contributed by atoms with E-state index in [0.29, 0.717) is 25.0 Å². The Kier molecular flexibility index (Phi) is 42.1. The predicted molar refractivity (Wildman–Crippen MR) is 277 cm³/mol. The van der Waals surface area contributed by atoms with Crippen LogP contribution < -0.4 is 0 Å². The highest BCUT2D eigenvalue weighted by Crippen LogP contribution is 2.23. The van der Waals surface area contributed by atoms with Crippen LogP contribution >= 0.6 is 0 Å². The molecular formula is C57H113N3O4. The van der Waals surface area contributed by atoms with Gasteiger partial charge in [-0.05, 0) is 103 Å². The summed E-state index contributed by atoms with van der Waals surface area (Å²) < 4.78 is 11.9. The summed E-state index contributed by atoms with van der Waals surface area (Å²) in [5.74, 6) is 1.28. The van der Waals surface area contributed by atoms with Crippen molar-refractivity contribution < 1.29 is 19.1 Å². The van der Waals surface area contributed by atoms with Crippen molar-refractivity contribution >= 4 is 11.9 Å². The number of ether oxygens (including phenoxy) is 2. The van der Waals surface area contributed by atoms with Crippen molar-refractivity contribution in [2.75, 3.05) is 72.6 Å². The third-order valence-corrected chi connectivity index (χ3v) is 14.4. The molecule has 0 N–H and O–H groups in total. The first-order chi connectivity index (χ1) is 31.2. The Morgan fingerprint density at radius 2 is 0.734 bits per heavy atom. The highest BCUT2D eigenvalue weighted by Gasteiger charge is 2.22. The van der Waals surface area contributed by atoms with E-state index in [4.69, 9.17) is 9.47 Å². The number of esters is 2. The Morgan fingerprint density at radius 3 is 1.16 bits per heavy atom. The Morgan fingerprint density at radius 1 is 0.422 bits per heavy atom. The zero-order chi connectivity index (χ0) is 46.7. The molecule has 0 bridgehead atoms. The van der Waals surface area contributed by atoms with Gasteiger partial charge in [0.15, 0.2) is 0 Å². The van der Waals surface area contributed by atoms with E-state index in [1.54, 1.807) is 0 Å². The SMILES string of the molecule is CCCCCCCC(CCCCC)C(=O)OCC(C)CCCCCCCCN(CCCCCCCC(C)COC(=O)C(CCCCCC)CCCCCC)CCCN1CCN(C)CC1. The van der Waals surface area contributed by atoms with E-state index >= 15 is 0 Å². The molecule has 7 nitrogen and oxygen atoms in total.